The first-order valence-electron chi connectivity index (χ1n) is 10.4. The van der Waals surface area contributed by atoms with Crippen LogP contribution in [0.3, 0.4) is 0 Å². The minimum Gasteiger partial charge on any atom is -0.497 e. The van der Waals surface area contributed by atoms with Crippen molar-refractivity contribution in [2.75, 3.05) is 7.11 Å². The van der Waals surface area contributed by atoms with Gasteiger partial charge in [-0.25, -0.2) is 9.97 Å². The molecule has 0 saturated carbocycles. The van der Waals surface area contributed by atoms with Crippen LogP contribution in [-0.2, 0) is 0 Å². The summed E-state index contributed by atoms with van der Waals surface area (Å²) < 4.78 is 7.68. The predicted molar refractivity (Wildman–Crippen MR) is 134 cm³/mol. The van der Waals surface area contributed by atoms with Crippen LogP contribution in [0, 0.1) is 0 Å². The van der Waals surface area contributed by atoms with Gasteiger partial charge in [0.05, 0.1) is 29.9 Å². The average molecular weight is 434 g/mol. The Bertz CT molecular complexity index is 1560. The largest absolute Gasteiger partial charge is 0.497 e. The molecule has 0 spiro atoms. The summed E-state index contributed by atoms with van der Waals surface area (Å²) in [7, 11) is 1.68. The van der Waals surface area contributed by atoms with E-state index in [-0.39, 0.29) is 0 Å². The molecule has 1 aromatic carbocycles. The molecule has 0 fully saturated rings. The van der Waals surface area contributed by atoms with E-state index in [2.05, 4.69) is 77.8 Å². The number of benzene rings is 1. The van der Waals surface area contributed by atoms with E-state index in [1.54, 1.807) is 18.4 Å². The smallest absolute Gasteiger partial charge is 0.118 e. The summed E-state index contributed by atoms with van der Waals surface area (Å²) in [6.07, 6.45) is 8.25. The molecule has 8 bridgehead atoms. The highest BCUT2D eigenvalue weighted by atomic mass is 32.1. The van der Waals surface area contributed by atoms with Crippen molar-refractivity contribution in [2.45, 2.75) is 0 Å². The van der Waals surface area contributed by atoms with Gasteiger partial charge in [0.15, 0.2) is 0 Å². The Morgan fingerprint density at radius 1 is 0.719 bits per heavy atom. The molecular weight excluding hydrogens is 414 g/mol. The molecular formula is C27H19N3OS. The van der Waals surface area contributed by atoms with E-state index in [0.29, 0.717) is 0 Å². The molecule has 3 aromatic heterocycles. The highest BCUT2D eigenvalue weighted by Crippen LogP contribution is 2.35. The van der Waals surface area contributed by atoms with Crippen molar-refractivity contribution < 1.29 is 4.74 Å². The van der Waals surface area contributed by atoms with Gasteiger partial charge in [-0.05, 0) is 84.5 Å². The van der Waals surface area contributed by atoms with Crippen LogP contribution in [0.25, 0.3) is 55.9 Å². The molecule has 0 saturated heterocycles. The van der Waals surface area contributed by atoms with Crippen LogP contribution in [0.4, 0.5) is 0 Å². The molecule has 2 aliphatic rings. The topological polar surface area (TPSA) is 50.8 Å². The van der Waals surface area contributed by atoms with Crippen LogP contribution in [0.5, 0.6) is 5.75 Å². The molecule has 2 aliphatic heterocycles. The molecule has 5 heterocycles. The second kappa shape index (κ2) is 7.62. The minimum atomic E-state index is 0.838. The van der Waals surface area contributed by atoms with E-state index in [0.717, 1.165) is 55.4 Å². The second-order valence-corrected chi connectivity index (χ2v) is 8.77. The van der Waals surface area contributed by atoms with Crippen LogP contribution in [-0.4, -0.2) is 22.1 Å². The number of ether oxygens (including phenoxy) is 1. The van der Waals surface area contributed by atoms with E-state index >= 15 is 0 Å². The lowest BCUT2D eigenvalue weighted by Crippen LogP contribution is -1.85. The van der Waals surface area contributed by atoms with Crippen LogP contribution < -0.4 is 4.74 Å². The number of aromatic nitrogens is 3. The van der Waals surface area contributed by atoms with Crippen molar-refractivity contribution in [3.8, 4) is 16.9 Å². The van der Waals surface area contributed by atoms with Gasteiger partial charge >= 0.3 is 0 Å². The van der Waals surface area contributed by atoms with Gasteiger partial charge in [0.2, 0.25) is 0 Å². The lowest BCUT2D eigenvalue weighted by atomic mass is 10.0. The fourth-order valence-corrected chi connectivity index (χ4v) is 4.98. The van der Waals surface area contributed by atoms with E-state index < -0.39 is 0 Å². The molecule has 1 N–H and O–H groups in total. The van der Waals surface area contributed by atoms with Gasteiger partial charge in [0.25, 0.3) is 0 Å². The minimum absolute atomic E-state index is 0.838. The summed E-state index contributed by atoms with van der Waals surface area (Å²) in [6, 6.07) is 22.8. The Morgan fingerprint density at radius 2 is 1.41 bits per heavy atom. The van der Waals surface area contributed by atoms with Gasteiger partial charge in [0.1, 0.15) is 5.75 Å². The fraction of sp³-hybridized carbons (Fsp3) is 0.0370. The Labute approximate surface area is 189 Å². The Hall–Kier alpha value is -3.96. The summed E-state index contributed by atoms with van der Waals surface area (Å²) in [6.45, 7) is 0. The number of thiophene rings is 1. The van der Waals surface area contributed by atoms with Gasteiger partial charge < -0.3 is 9.72 Å². The Kier molecular flexibility index (Phi) is 4.47. The SMILES string of the molecule is COc1ccc(-c2c3nc(cc4ccc(cc5nc(cc6ccc2s6)C=C5)[nH]4)C=C3)cc1. The van der Waals surface area contributed by atoms with Crippen LogP contribution in [0.15, 0.2) is 66.7 Å². The molecule has 0 amide bonds. The quantitative estimate of drug-likeness (QED) is 0.318. The highest BCUT2D eigenvalue weighted by Gasteiger charge is 2.11. The van der Waals surface area contributed by atoms with E-state index in [1.165, 1.54) is 4.70 Å². The molecule has 0 atom stereocenters. The standard InChI is InChI=1S/C27H19N3OS/c1-31-23-9-2-17(3-10-23)27-25-12-8-21(30-25)15-20-5-4-18(28-20)14-19-6-7-22(29-19)16-24-11-13-26(27)32-24/h2-16,28H,1H3. The van der Waals surface area contributed by atoms with Gasteiger partial charge in [0, 0.05) is 26.0 Å². The molecule has 0 radical (unpaired) electrons. The third-order valence-corrected chi connectivity index (χ3v) is 6.53. The Balaban J connectivity index is 1.68. The number of fused-ring (bicyclic) bond motifs is 8. The van der Waals surface area contributed by atoms with Crippen molar-refractivity contribution in [1.29, 1.82) is 0 Å². The number of rotatable bonds is 2. The molecule has 32 heavy (non-hydrogen) atoms. The Morgan fingerprint density at radius 3 is 2.16 bits per heavy atom. The third-order valence-electron chi connectivity index (χ3n) is 5.48. The molecule has 4 aromatic rings. The summed E-state index contributed by atoms with van der Waals surface area (Å²) in [4.78, 5) is 13.1. The number of aromatic amines is 1. The van der Waals surface area contributed by atoms with E-state index in [1.807, 2.05) is 18.2 Å². The van der Waals surface area contributed by atoms with Crippen LogP contribution >= 0.6 is 11.3 Å². The first-order chi connectivity index (χ1) is 15.7. The number of hydrogen-bond donors (Lipinski definition) is 1. The zero-order chi connectivity index (χ0) is 21.5. The van der Waals surface area contributed by atoms with Gasteiger partial charge in [-0.3, -0.25) is 0 Å². The lowest BCUT2D eigenvalue weighted by molar-refractivity contribution is 0.415. The van der Waals surface area contributed by atoms with Crippen molar-refractivity contribution in [3.05, 3.63) is 89.5 Å². The molecule has 6 rings (SSSR count). The molecule has 5 heteroatoms. The van der Waals surface area contributed by atoms with Crippen molar-refractivity contribution in [2.24, 2.45) is 0 Å². The van der Waals surface area contributed by atoms with Crippen LogP contribution in [0.2, 0.25) is 0 Å². The summed E-state index contributed by atoms with van der Waals surface area (Å²) >= 11 is 1.74. The van der Waals surface area contributed by atoms with Gasteiger partial charge in [-0.1, -0.05) is 12.1 Å². The predicted octanol–water partition coefficient (Wildman–Crippen LogP) is 7.06. The molecule has 0 aliphatic carbocycles. The van der Waals surface area contributed by atoms with Gasteiger partial charge in [-0.15, -0.1) is 11.3 Å². The van der Waals surface area contributed by atoms with Crippen molar-refractivity contribution in [3.63, 3.8) is 0 Å². The molecule has 4 nitrogen and oxygen atoms in total. The van der Waals surface area contributed by atoms with Crippen molar-refractivity contribution >= 4 is 56.1 Å². The number of methoxy groups -OCH3 is 1. The first kappa shape index (κ1) is 18.8. The summed E-state index contributed by atoms with van der Waals surface area (Å²) in [5.74, 6) is 0.838. The summed E-state index contributed by atoms with van der Waals surface area (Å²) in [5.41, 5.74) is 8.01. The maximum absolute atomic E-state index is 5.35. The van der Waals surface area contributed by atoms with E-state index in [4.69, 9.17) is 14.7 Å². The normalized spacial score (nSPS) is 12.3. The average Bonchev–Trinajstić information content (AvgIpc) is 3.60. The van der Waals surface area contributed by atoms with E-state index in [9.17, 15) is 0 Å². The summed E-state index contributed by atoms with van der Waals surface area (Å²) in [5, 5.41) is 0. The maximum atomic E-state index is 5.35. The van der Waals surface area contributed by atoms with Crippen LogP contribution in [0.1, 0.15) is 22.8 Å². The number of H-pyrrole nitrogens is 1. The number of nitrogens with zero attached hydrogens (tertiary/aromatic N) is 2. The highest BCUT2D eigenvalue weighted by molar-refractivity contribution is 7.23. The zero-order valence-corrected chi connectivity index (χ0v) is 18.2. The van der Waals surface area contributed by atoms with Gasteiger partial charge in [-0.2, -0.15) is 0 Å². The first-order valence-corrected chi connectivity index (χ1v) is 11.2. The van der Waals surface area contributed by atoms with Crippen molar-refractivity contribution in [1.82, 2.24) is 15.0 Å². The molecule has 154 valence electrons. The second-order valence-electron chi connectivity index (χ2n) is 7.66. The fourth-order valence-electron chi connectivity index (χ4n) is 3.95. The maximum Gasteiger partial charge on any atom is 0.118 e. The zero-order valence-electron chi connectivity index (χ0n) is 17.4. The lowest BCUT2D eigenvalue weighted by Gasteiger charge is -2.05. The third kappa shape index (κ3) is 3.53. The number of nitrogens with one attached hydrogen (secondary N) is 1. The number of hydrogen-bond acceptors (Lipinski definition) is 4. The monoisotopic (exact) mass is 433 g/mol. The molecule has 0 unspecified atom stereocenters.